The summed E-state index contributed by atoms with van der Waals surface area (Å²) in [6, 6.07) is 0. The molecule has 1 fully saturated rings. The maximum atomic E-state index is 11.6. The second kappa shape index (κ2) is 4.95. The molecule has 1 saturated heterocycles. The molecule has 2 heterocycles. The molecule has 2 atom stereocenters. The van der Waals surface area contributed by atoms with E-state index in [-0.39, 0.29) is 11.5 Å². The van der Waals surface area contributed by atoms with Crippen molar-refractivity contribution in [2.75, 3.05) is 16.8 Å². The second-order valence-corrected chi connectivity index (χ2v) is 9.41. The number of thiazole rings is 1. The van der Waals surface area contributed by atoms with Gasteiger partial charge in [0.05, 0.1) is 22.7 Å². The van der Waals surface area contributed by atoms with Crippen molar-refractivity contribution in [3.05, 3.63) is 10.6 Å². The van der Waals surface area contributed by atoms with Gasteiger partial charge in [0.1, 0.15) is 5.92 Å². The molecule has 21 heavy (non-hydrogen) atoms. The Bertz CT molecular complexity index is 682. The molecule has 0 radical (unpaired) electrons. The maximum Gasteiger partial charge on any atom is 0.312 e. The van der Waals surface area contributed by atoms with Crippen molar-refractivity contribution in [1.82, 2.24) is 4.98 Å². The number of hydrogen-bond donors (Lipinski definition) is 2. The van der Waals surface area contributed by atoms with Crippen LogP contribution in [0.3, 0.4) is 0 Å². The quantitative estimate of drug-likeness (QED) is 0.874. The molecule has 2 aliphatic rings. The zero-order valence-electron chi connectivity index (χ0n) is 11.8. The number of aromatic nitrogens is 1. The van der Waals surface area contributed by atoms with E-state index in [0.717, 1.165) is 17.7 Å². The van der Waals surface area contributed by atoms with Gasteiger partial charge in [0.2, 0.25) is 0 Å². The largest absolute Gasteiger partial charge is 0.481 e. The highest BCUT2D eigenvalue weighted by Crippen LogP contribution is 2.38. The lowest BCUT2D eigenvalue weighted by molar-refractivity contribution is -0.139. The second-order valence-electron chi connectivity index (χ2n) is 6.14. The van der Waals surface area contributed by atoms with Gasteiger partial charge in [-0.1, -0.05) is 0 Å². The number of carbonyl (C=O) groups is 1. The SMILES string of the molecule is CC1(Nc2nc3c(s2)CCCC3C(=O)O)CCS(=O)(=O)C1. The number of carboxylic acids is 1. The molecule has 2 unspecified atom stereocenters. The number of rotatable bonds is 3. The smallest absolute Gasteiger partial charge is 0.312 e. The summed E-state index contributed by atoms with van der Waals surface area (Å²) in [6.45, 7) is 1.88. The van der Waals surface area contributed by atoms with Gasteiger partial charge in [-0.15, -0.1) is 11.3 Å². The number of anilines is 1. The Kier molecular flexibility index (Phi) is 3.48. The van der Waals surface area contributed by atoms with Crippen LogP contribution < -0.4 is 5.32 Å². The fourth-order valence-electron chi connectivity index (χ4n) is 3.08. The van der Waals surface area contributed by atoms with Crippen molar-refractivity contribution in [1.29, 1.82) is 0 Å². The lowest BCUT2D eigenvalue weighted by Gasteiger charge is -2.23. The number of sulfone groups is 1. The third-order valence-electron chi connectivity index (χ3n) is 4.16. The highest BCUT2D eigenvalue weighted by molar-refractivity contribution is 7.91. The minimum atomic E-state index is -2.98. The molecule has 0 aromatic carbocycles. The van der Waals surface area contributed by atoms with E-state index in [4.69, 9.17) is 0 Å². The number of nitrogens with zero attached hydrogens (tertiary/aromatic N) is 1. The fraction of sp³-hybridized carbons (Fsp3) is 0.692. The van der Waals surface area contributed by atoms with Crippen LogP contribution in [0.15, 0.2) is 0 Å². The van der Waals surface area contributed by atoms with Crippen LogP contribution in [-0.4, -0.2) is 41.5 Å². The van der Waals surface area contributed by atoms with Gasteiger partial charge in [-0.2, -0.15) is 0 Å². The summed E-state index contributed by atoms with van der Waals surface area (Å²) in [4.78, 5) is 16.7. The Balaban J connectivity index is 1.84. The maximum absolute atomic E-state index is 11.6. The molecule has 0 amide bonds. The van der Waals surface area contributed by atoms with Gasteiger partial charge in [0.25, 0.3) is 0 Å². The summed E-state index contributed by atoms with van der Waals surface area (Å²) in [5.41, 5.74) is 0.156. The topological polar surface area (TPSA) is 96.4 Å². The molecular weight excluding hydrogens is 312 g/mol. The van der Waals surface area contributed by atoms with Gasteiger partial charge in [0, 0.05) is 4.88 Å². The first-order chi connectivity index (χ1) is 9.78. The first kappa shape index (κ1) is 14.8. The summed E-state index contributed by atoms with van der Waals surface area (Å²) in [6.07, 6.45) is 2.89. The summed E-state index contributed by atoms with van der Waals surface area (Å²) >= 11 is 1.46. The molecule has 0 saturated carbocycles. The van der Waals surface area contributed by atoms with Crippen molar-refractivity contribution in [2.45, 2.75) is 44.1 Å². The van der Waals surface area contributed by atoms with Crippen molar-refractivity contribution < 1.29 is 18.3 Å². The highest BCUT2D eigenvalue weighted by Gasteiger charge is 2.39. The zero-order valence-corrected chi connectivity index (χ0v) is 13.4. The molecule has 3 rings (SSSR count). The number of aliphatic carboxylic acids is 1. The number of carboxylic acid groups (broad SMARTS) is 1. The van der Waals surface area contributed by atoms with E-state index in [0.29, 0.717) is 23.7 Å². The van der Waals surface area contributed by atoms with Crippen LogP contribution in [0.1, 0.15) is 42.7 Å². The molecule has 8 heteroatoms. The van der Waals surface area contributed by atoms with E-state index in [1.54, 1.807) is 0 Å². The number of aryl methyl sites for hydroxylation is 1. The van der Waals surface area contributed by atoms with Crippen molar-refractivity contribution in [3.8, 4) is 0 Å². The van der Waals surface area contributed by atoms with Crippen molar-refractivity contribution in [3.63, 3.8) is 0 Å². The van der Waals surface area contributed by atoms with Crippen LogP contribution in [-0.2, 0) is 21.1 Å². The molecule has 116 valence electrons. The van der Waals surface area contributed by atoms with E-state index in [1.165, 1.54) is 11.3 Å². The van der Waals surface area contributed by atoms with Crippen LogP contribution in [0.25, 0.3) is 0 Å². The molecular formula is C13H18N2O4S2. The molecule has 2 N–H and O–H groups in total. The fourth-order valence-corrected chi connectivity index (χ4v) is 6.39. The van der Waals surface area contributed by atoms with E-state index in [1.807, 2.05) is 6.92 Å². The number of fused-ring (bicyclic) bond motifs is 1. The first-order valence-electron chi connectivity index (χ1n) is 6.99. The number of hydrogen-bond acceptors (Lipinski definition) is 6. The van der Waals surface area contributed by atoms with Gasteiger partial charge < -0.3 is 10.4 Å². The van der Waals surface area contributed by atoms with Crippen LogP contribution >= 0.6 is 11.3 Å². The van der Waals surface area contributed by atoms with E-state index in [9.17, 15) is 18.3 Å². The Labute approximate surface area is 127 Å². The molecule has 6 nitrogen and oxygen atoms in total. The molecule has 0 bridgehead atoms. The summed E-state index contributed by atoms with van der Waals surface area (Å²) in [7, 11) is -2.98. The molecule has 0 spiro atoms. The Morgan fingerprint density at radius 1 is 1.52 bits per heavy atom. The third kappa shape index (κ3) is 2.91. The standard InChI is InChI=1S/C13H18N2O4S2/c1-13(5-6-21(18,19)7-13)15-12-14-10-8(11(16)17)3-2-4-9(10)20-12/h8H,2-7H2,1H3,(H,14,15)(H,16,17). The average Bonchev–Trinajstić information content (AvgIpc) is 2.88. The highest BCUT2D eigenvalue weighted by atomic mass is 32.2. The van der Waals surface area contributed by atoms with Gasteiger partial charge in [-0.3, -0.25) is 4.79 Å². The Hall–Kier alpha value is -1.15. The monoisotopic (exact) mass is 330 g/mol. The average molecular weight is 330 g/mol. The summed E-state index contributed by atoms with van der Waals surface area (Å²) < 4.78 is 23.3. The van der Waals surface area contributed by atoms with Gasteiger partial charge in [-0.05, 0) is 32.6 Å². The lowest BCUT2D eigenvalue weighted by Crippen LogP contribution is -2.35. The van der Waals surface area contributed by atoms with Crippen LogP contribution in [0, 0.1) is 0 Å². The molecule has 1 aliphatic carbocycles. The zero-order chi connectivity index (χ0) is 15.3. The minimum Gasteiger partial charge on any atom is -0.481 e. The minimum absolute atomic E-state index is 0.104. The normalized spacial score (nSPS) is 30.8. The molecule has 1 aliphatic heterocycles. The van der Waals surface area contributed by atoms with E-state index >= 15 is 0 Å². The van der Waals surface area contributed by atoms with Gasteiger partial charge >= 0.3 is 5.97 Å². The summed E-state index contributed by atoms with van der Waals surface area (Å²) in [5.74, 6) is -1.06. The van der Waals surface area contributed by atoms with Crippen molar-refractivity contribution in [2.24, 2.45) is 0 Å². The Morgan fingerprint density at radius 2 is 2.29 bits per heavy atom. The molecule has 1 aromatic heterocycles. The first-order valence-corrected chi connectivity index (χ1v) is 9.63. The number of nitrogens with one attached hydrogen (secondary N) is 1. The molecule has 1 aromatic rings. The lowest BCUT2D eigenvalue weighted by atomic mass is 9.91. The van der Waals surface area contributed by atoms with E-state index in [2.05, 4.69) is 10.3 Å². The third-order valence-corrected chi connectivity index (χ3v) is 7.11. The predicted octanol–water partition coefficient (Wildman–Crippen LogP) is 1.64. The van der Waals surface area contributed by atoms with Crippen LogP contribution in [0.4, 0.5) is 5.13 Å². The predicted molar refractivity (Wildman–Crippen MR) is 80.7 cm³/mol. The summed E-state index contributed by atoms with van der Waals surface area (Å²) in [5, 5.41) is 13.1. The Morgan fingerprint density at radius 3 is 2.90 bits per heavy atom. The van der Waals surface area contributed by atoms with Crippen LogP contribution in [0.5, 0.6) is 0 Å². The van der Waals surface area contributed by atoms with Crippen LogP contribution in [0.2, 0.25) is 0 Å². The van der Waals surface area contributed by atoms with Gasteiger partial charge in [-0.25, -0.2) is 13.4 Å². The van der Waals surface area contributed by atoms with Crippen molar-refractivity contribution >= 4 is 32.3 Å². The van der Waals surface area contributed by atoms with E-state index < -0.39 is 27.3 Å². The van der Waals surface area contributed by atoms with Gasteiger partial charge in [0.15, 0.2) is 15.0 Å².